The fourth-order valence-corrected chi connectivity index (χ4v) is 5.58. The van der Waals surface area contributed by atoms with Gasteiger partial charge in [-0.2, -0.15) is 0 Å². The van der Waals surface area contributed by atoms with E-state index in [-0.39, 0.29) is 29.2 Å². The quantitative estimate of drug-likeness (QED) is 0.0915. The van der Waals surface area contributed by atoms with Crippen LogP contribution in [0.1, 0.15) is 12.0 Å². The third-order valence-corrected chi connectivity index (χ3v) is 8.19. The predicted molar refractivity (Wildman–Crippen MR) is 170 cm³/mol. The van der Waals surface area contributed by atoms with E-state index in [2.05, 4.69) is 20.9 Å². The van der Waals surface area contributed by atoms with Gasteiger partial charge in [-0.1, -0.05) is 53.7 Å². The van der Waals surface area contributed by atoms with Crippen LogP contribution in [0, 0.1) is 0 Å². The first kappa shape index (κ1) is 34.9. The van der Waals surface area contributed by atoms with Crippen molar-refractivity contribution >= 4 is 17.8 Å². The fraction of sp³-hybridized carbons (Fsp3) is 0.303. The number of aliphatic carboxylic acids is 1. The second kappa shape index (κ2) is 14.8. The largest absolute Gasteiger partial charge is 0.508 e. The lowest BCUT2D eigenvalue weighted by molar-refractivity contribution is -0.257. The Morgan fingerprint density at radius 1 is 0.959 bits per heavy atom. The number of carbonyl (C=O) groups is 3. The molecule has 2 heterocycles. The second-order valence-electron chi connectivity index (χ2n) is 11.5. The molecule has 1 aliphatic heterocycles. The third-order valence-electron chi connectivity index (χ3n) is 8.19. The molecular formula is C33H35N5O11. The van der Waals surface area contributed by atoms with Gasteiger partial charge in [0, 0.05) is 18.5 Å². The van der Waals surface area contributed by atoms with E-state index in [0.29, 0.717) is 5.56 Å². The number of benzene rings is 3. The molecule has 1 aromatic heterocycles. The van der Waals surface area contributed by atoms with Crippen molar-refractivity contribution in [1.29, 1.82) is 0 Å². The topological polar surface area (TPSA) is 257 Å². The summed E-state index contributed by atoms with van der Waals surface area (Å²) in [7, 11) is 0. The first-order valence-electron chi connectivity index (χ1n) is 15.1. The molecule has 1 aliphatic rings. The number of carboxylic acids is 1. The van der Waals surface area contributed by atoms with Gasteiger partial charge in [0.2, 0.25) is 11.8 Å². The number of hydrogen-bond donors (Lipinski definition) is 9. The highest BCUT2D eigenvalue weighted by molar-refractivity contribution is 5.79. The number of aromatic hydroxyl groups is 2. The van der Waals surface area contributed by atoms with Crippen molar-refractivity contribution in [3.8, 4) is 33.9 Å². The van der Waals surface area contributed by atoms with Gasteiger partial charge in [0.25, 0.3) is 5.72 Å². The van der Waals surface area contributed by atoms with Crippen LogP contribution in [-0.2, 0) is 31.3 Å². The molecule has 1 saturated heterocycles. The van der Waals surface area contributed by atoms with Gasteiger partial charge in [-0.15, -0.1) is 5.10 Å². The average Bonchev–Trinajstić information content (AvgIpc) is 3.59. The maximum Gasteiger partial charge on any atom is 0.359 e. The van der Waals surface area contributed by atoms with Crippen molar-refractivity contribution in [2.75, 3.05) is 13.2 Å². The van der Waals surface area contributed by atoms with Crippen molar-refractivity contribution in [3.05, 3.63) is 84.6 Å². The number of nitrogens with zero attached hydrogens (tertiary/aromatic N) is 3. The number of para-hydroxylation sites is 1. The highest BCUT2D eigenvalue weighted by Crippen LogP contribution is 2.37. The summed E-state index contributed by atoms with van der Waals surface area (Å²) in [4.78, 5) is 37.6. The Balaban J connectivity index is 1.31. The average molecular weight is 678 g/mol. The van der Waals surface area contributed by atoms with Crippen LogP contribution in [0.25, 0.3) is 22.4 Å². The molecule has 1 fully saturated rings. The van der Waals surface area contributed by atoms with E-state index in [1.807, 2.05) is 0 Å². The molecule has 258 valence electrons. The molecule has 0 radical (unpaired) electrons. The summed E-state index contributed by atoms with van der Waals surface area (Å²) >= 11 is 0. The van der Waals surface area contributed by atoms with Gasteiger partial charge in [0.15, 0.2) is 0 Å². The first-order valence-corrected chi connectivity index (χ1v) is 15.1. The standard InChI is InChI=1S/C33H35N5O11/c39-17-28(45)35-29-25(42)14-33(32(47)48,38-16-23(36-37-38)22-3-1-2-4-24(22)41)49-31(29)30(46)26(43)15-34-27(44)13-18-5-7-19(8-6-18)20-9-11-21(40)12-10-20/h1-12,16,25-26,29-31,39-43,46H,13-15,17H2,(H,34,44)(H,35,45)(H,47,48)/t25-,26+,29+,30+,31+,33+/m0/s1. The van der Waals surface area contributed by atoms with E-state index in [1.54, 1.807) is 60.7 Å². The summed E-state index contributed by atoms with van der Waals surface area (Å²) in [6.45, 7) is -1.53. The number of aromatic nitrogens is 3. The summed E-state index contributed by atoms with van der Waals surface area (Å²) in [5, 5.41) is 85.1. The van der Waals surface area contributed by atoms with E-state index in [9.17, 15) is 50.1 Å². The van der Waals surface area contributed by atoms with Crippen molar-refractivity contribution < 1.29 is 54.9 Å². The Bertz CT molecular complexity index is 1780. The molecule has 49 heavy (non-hydrogen) atoms. The summed E-state index contributed by atoms with van der Waals surface area (Å²) in [5.74, 6) is -3.19. The van der Waals surface area contributed by atoms with E-state index in [4.69, 9.17) is 4.74 Å². The van der Waals surface area contributed by atoms with Gasteiger partial charge in [-0.05, 0) is 41.0 Å². The lowest BCUT2D eigenvalue weighted by Crippen LogP contribution is -2.68. The number of aliphatic hydroxyl groups is 4. The van der Waals surface area contributed by atoms with Gasteiger partial charge in [0.05, 0.1) is 30.9 Å². The lowest BCUT2D eigenvalue weighted by Gasteiger charge is -2.46. The van der Waals surface area contributed by atoms with Gasteiger partial charge >= 0.3 is 5.97 Å². The normalized spacial score (nSPS) is 21.8. The minimum Gasteiger partial charge on any atom is -0.508 e. The maximum absolute atomic E-state index is 12.7. The molecule has 3 aromatic carbocycles. The van der Waals surface area contributed by atoms with Crippen LogP contribution in [-0.4, -0.2) is 112 Å². The van der Waals surface area contributed by atoms with E-state index >= 15 is 0 Å². The monoisotopic (exact) mass is 677 g/mol. The number of aliphatic hydroxyl groups excluding tert-OH is 4. The van der Waals surface area contributed by atoms with Crippen LogP contribution in [0.15, 0.2) is 79.0 Å². The molecule has 9 N–H and O–H groups in total. The number of amides is 2. The molecule has 0 bridgehead atoms. The van der Waals surface area contributed by atoms with E-state index < -0.39 is 73.5 Å². The van der Waals surface area contributed by atoms with Crippen molar-refractivity contribution in [2.45, 2.75) is 49.0 Å². The Morgan fingerprint density at radius 3 is 2.24 bits per heavy atom. The first-order chi connectivity index (χ1) is 23.4. The third kappa shape index (κ3) is 7.69. The van der Waals surface area contributed by atoms with Gasteiger partial charge in [-0.25, -0.2) is 9.48 Å². The number of carbonyl (C=O) groups excluding carboxylic acids is 2. The molecule has 0 unspecified atom stereocenters. The Hall–Kier alpha value is -5.39. The number of carboxylic acid groups (broad SMARTS) is 1. The number of phenols is 2. The van der Waals surface area contributed by atoms with Gasteiger partial charge in [-0.3, -0.25) is 9.59 Å². The second-order valence-corrected chi connectivity index (χ2v) is 11.5. The van der Waals surface area contributed by atoms with Crippen LogP contribution >= 0.6 is 0 Å². The molecule has 4 aromatic rings. The molecule has 0 aliphatic carbocycles. The van der Waals surface area contributed by atoms with Crippen LogP contribution in [0.2, 0.25) is 0 Å². The van der Waals surface area contributed by atoms with Crippen molar-refractivity contribution in [1.82, 2.24) is 25.6 Å². The molecule has 0 saturated carbocycles. The Morgan fingerprint density at radius 2 is 1.61 bits per heavy atom. The summed E-state index contributed by atoms with van der Waals surface area (Å²) < 4.78 is 6.66. The summed E-state index contributed by atoms with van der Waals surface area (Å²) in [5.41, 5.74) is 0.121. The smallest absolute Gasteiger partial charge is 0.359 e. The van der Waals surface area contributed by atoms with Crippen molar-refractivity contribution in [3.63, 3.8) is 0 Å². The number of nitrogens with one attached hydrogen (secondary N) is 2. The zero-order valence-corrected chi connectivity index (χ0v) is 25.8. The molecule has 0 spiro atoms. The van der Waals surface area contributed by atoms with Crippen LogP contribution < -0.4 is 10.6 Å². The lowest BCUT2D eigenvalue weighted by atomic mass is 9.87. The molecule has 2 amide bonds. The minimum atomic E-state index is -2.52. The maximum atomic E-state index is 12.7. The van der Waals surface area contributed by atoms with Crippen molar-refractivity contribution in [2.24, 2.45) is 0 Å². The van der Waals surface area contributed by atoms with Crippen LogP contribution in [0.5, 0.6) is 11.5 Å². The highest BCUT2D eigenvalue weighted by Gasteiger charge is 2.56. The van der Waals surface area contributed by atoms with E-state index in [1.165, 1.54) is 12.1 Å². The number of rotatable bonds is 12. The fourth-order valence-electron chi connectivity index (χ4n) is 5.58. The predicted octanol–water partition coefficient (Wildman–Crippen LogP) is -0.532. The zero-order chi connectivity index (χ0) is 35.3. The number of ether oxygens (including phenoxy) is 1. The summed E-state index contributed by atoms with van der Waals surface area (Å²) in [6.07, 6.45) is -6.96. The molecule has 5 rings (SSSR count). The zero-order valence-electron chi connectivity index (χ0n) is 25.8. The van der Waals surface area contributed by atoms with E-state index in [0.717, 1.165) is 22.0 Å². The van der Waals surface area contributed by atoms with Crippen LogP contribution in [0.4, 0.5) is 0 Å². The Labute approximate surface area is 278 Å². The van der Waals surface area contributed by atoms with Gasteiger partial charge < -0.3 is 51.1 Å². The highest BCUT2D eigenvalue weighted by atomic mass is 16.6. The molecule has 16 nitrogen and oxygen atoms in total. The Kier molecular flexibility index (Phi) is 10.5. The SMILES string of the molecule is O=C(Cc1ccc(-c2ccc(O)cc2)cc1)NC[C@@H](O)[C@@H](O)[C@@H]1O[C@](C(=O)O)(n2cc(-c3ccccc3O)nn2)C[C@H](O)[C@H]1NC(=O)CO. The number of hydrogen-bond acceptors (Lipinski definition) is 12. The molecular weight excluding hydrogens is 642 g/mol. The molecule has 16 heteroatoms. The summed E-state index contributed by atoms with van der Waals surface area (Å²) in [6, 6.07) is 18.3. The molecule has 6 atom stereocenters. The minimum absolute atomic E-state index is 0.0577. The number of phenolic OH excluding ortho intramolecular Hbond substituents is 2. The van der Waals surface area contributed by atoms with Gasteiger partial charge in [0.1, 0.15) is 36.0 Å². The van der Waals surface area contributed by atoms with Crippen LogP contribution in [0.3, 0.4) is 0 Å².